The third-order valence-electron chi connectivity index (χ3n) is 5.13. The molecular formula is C14H24N6O. The number of nitrogens with two attached hydrogens (primary N) is 1. The van der Waals surface area contributed by atoms with Crippen molar-refractivity contribution in [3.8, 4) is 0 Å². The molecule has 3 N–H and O–H groups in total. The lowest BCUT2D eigenvalue weighted by atomic mass is 9.77. The Morgan fingerprint density at radius 3 is 2.62 bits per heavy atom. The van der Waals surface area contributed by atoms with Gasteiger partial charge in [-0.2, -0.15) is 0 Å². The van der Waals surface area contributed by atoms with Crippen LogP contribution in [0.3, 0.4) is 0 Å². The molecule has 0 aromatic carbocycles. The van der Waals surface area contributed by atoms with Gasteiger partial charge in [-0.3, -0.25) is 14.9 Å². The van der Waals surface area contributed by atoms with Crippen molar-refractivity contribution in [2.24, 2.45) is 11.3 Å². The van der Waals surface area contributed by atoms with E-state index in [4.69, 9.17) is 5.84 Å². The van der Waals surface area contributed by atoms with Crippen molar-refractivity contribution >= 4 is 5.91 Å². The molecule has 1 aliphatic carbocycles. The fourth-order valence-electron chi connectivity index (χ4n) is 3.71. The van der Waals surface area contributed by atoms with E-state index in [-0.39, 0.29) is 5.69 Å². The van der Waals surface area contributed by atoms with Crippen LogP contribution >= 0.6 is 0 Å². The van der Waals surface area contributed by atoms with E-state index in [1.54, 1.807) is 10.9 Å². The van der Waals surface area contributed by atoms with Gasteiger partial charge in [0.25, 0.3) is 5.91 Å². The summed E-state index contributed by atoms with van der Waals surface area (Å²) in [6.45, 7) is 4.09. The van der Waals surface area contributed by atoms with Crippen LogP contribution in [-0.4, -0.2) is 45.4 Å². The summed E-state index contributed by atoms with van der Waals surface area (Å²) < 4.78 is 1.71. The maximum Gasteiger partial charge on any atom is 0.287 e. The van der Waals surface area contributed by atoms with E-state index in [0.29, 0.717) is 5.41 Å². The Morgan fingerprint density at radius 2 is 1.95 bits per heavy atom. The third kappa shape index (κ3) is 3.24. The molecular weight excluding hydrogens is 268 g/mol. The first kappa shape index (κ1) is 14.5. The normalized spacial score (nSPS) is 21.8. The number of carbonyl (C=O) groups is 1. The van der Waals surface area contributed by atoms with E-state index < -0.39 is 5.91 Å². The van der Waals surface area contributed by atoms with Crippen LogP contribution in [0.1, 0.15) is 49.0 Å². The molecule has 3 rings (SSSR count). The van der Waals surface area contributed by atoms with E-state index in [0.717, 1.165) is 13.1 Å². The highest BCUT2D eigenvalue weighted by atomic mass is 16.2. The number of nitrogens with one attached hydrogen (secondary N) is 1. The standard InChI is InChI=1S/C14H24N6O/c15-16-13(21)12-11-20(18-17-12)10-9-19-7-5-14(6-8-19)3-1-2-4-14/h11H,1-10,15H2,(H,16,21). The van der Waals surface area contributed by atoms with E-state index in [2.05, 4.69) is 20.6 Å². The van der Waals surface area contributed by atoms with Crippen LogP contribution in [0.15, 0.2) is 6.20 Å². The van der Waals surface area contributed by atoms with Gasteiger partial charge in [0.05, 0.1) is 12.7 Å². The number of rotatable bonds is 4. The number of hydrogen-bond acceptors (Lipinski definition) is 5. The minimum Gasteiger partial charge on any atom is -0.301 e. The fraction of sp³-hybridized carbons (Fsp3) is 0.786. The number of hydrazine groups is 1. The first-order valence-corrected chi connectivity index (χ1v) is 7.84. The zero-order valence-corrected chi connectivity index (χ0v) is 12.4. The Labute approximate surface area is 124 Å². The number of piperidine rings is 1. The molecule has 116 valence electrons. The maximum atomic E-state index is 11.3. The molecule has 0 atom stereocenters. The van der Waals surface area contributed by atoms with Crippen molar-refractivity contribution in [2.75, 3.05) is 19.6 Å². The van der Waals surface area contributed by atoms with E-state index >= 15 is 0 Å². The van der Waals surface area contributed by atoms with Gasteiger partial charge in [0.15, 0.2) is 5.69 Å². The average molecular weight is 292 g/mol. The van der Waals surface area contributed by atoms with E-state index in [1.165, 1.54) is 51.6 Å². The fourth-order valence-corrected chi connectivity index (χ4v) is 3.71. The molecule has 2 fully saturated rings. The number of likely N-dealkylation sites (tertiary alicyclic amines) is 1. The first-order valence-electron chi connectivity index (χ1n) is 7.84. The van der Waals surface area contributed by atoms with Gasteiger partial charge in [-0.25, -0.2) is 5.84 Å². The summed E-state index contributed by atoms with van der Waals surface area (Å²) in [6.07, 6.45) is 10.0. The summed E-state index contributed by atoms with van der Waals surface area (Å²) in [4.78, 5) is 13.8. The highest BCUT2D eigenvalue weighted by Gasteiger charge is 2.36. The topological polar surface area (TPSA) is 89.1 Å². The molecule has 1 saturated heterocycles. The Kier molecular flexibility index (Phi) is 4.21. The summed E-state index contributed by atoms with van der Waals surface area (Å²) >= 11 is 0. The zero-order valence-electron chi connectivity index (χ0n) is 12.4. The molecule has 1 aliphatic heterocycles. The van der Waals surface area contributed by atoms with Crippen LogP contribution in [0.25, 0.3) is 0 Å². The van der Waals surface area contributed by atoms with Crippen LogP contribution in [0, 0.1) is 5.41 Å². The second kappa shape index (κ2) is 6.11. The van der Waals surface area contributed by atoms with Gasteiger partial charge in [0.1, 0.15) is 0 Å². The number of hydrogen-bond donors (Lipinski definition) is 2. The van der Waals surface area contributed by atoms with Gasteiger partial charge in [0.2, 0.25) is 0 Å². The quantitative estimate of drug-likeness (QED) is 0.480. The Hall–Kier alpha value is -1.47. The molecule has 7 nitrogen and oxygen atoms in total. The highest BCUT2D eigenvalue weighted by Crippen LogP contribution is 2.45. The van der Waals surface area contributed by atoms with Crippen LogP contribution in [-0.2, 0) is 6.54 Å². The third-order valence-corrected chi connectivity index (χ3v) is 5.13. The molecule has 0 unspecified atom stereocenters. The van der Waals surface area contributed by atoms with Gasteiger partial charge < -0.3 is 4.90 Å². The molecule has 1 aromatic rings. The molecule has 7 heteroatoms. The maximum absolute atomic E-state index is 11.3. The van der Waals surface area contributed by atoms with Crippen molar-refractivity contribution in [1.29, 1.82) is 0 Å². The Bertz CT molecular complexity index is 483. The zero-order chi connectivity index (χ0) is 14.7. The second-order valence-corrected chi connectivity index (χ2v) is 6.39. The average Bonchev–Trinajstić information content (AvgIpc) is 3.16. The number of nitrogen functional groups attached to an aromatic ring is 1. The summed E-state index contributed by atoms with van der Waals surface area (Å²) in [5.74, 6) is 4.68. The van der Waals surface area contributed by atoms with Crippen molar-refractivity contribution in [3.05, 3.63) is 11.9 Å². The number of aromatic nitrogens is 3. The van der Waals surface area contributed by atoms with Gasteiger partial charge in [-0.15, -0.1) is 5.10 Å². The minimum atomic E-state index is -0.401. The van der Waals surface area contributed by atoms with Crippen LogP contribution in [0.2, 0.25) is 0 Å². The summed E-state index contributed by atoms with van der Waals surface area (Å²) in [6, 6.07) is 0. The van der Waals surface area contributed by atoms with Crippen LogP contribution < -0.4 is 11.3 Å². The van der Waals surface area contributed by atoms with Gasteiger partial charge in [-0.05, 0) is 44.2 Å². The predicted octanol–water partition coefficient (Wildman–Crippen LogP) is 0.538. The summed E-state index contributed by atoms with van der Waals surface area (Å²) in [5.41, 5.74) is 2.99. The minimum absolute atomic E-state index is 0.265. The largest absolute Gasteiger partial charge is 0.301 e. The summed E-state index contributed by atoms with van der Waals surface area (Å²) in [5, 5.41) is 7.78. The molecule has 21 heavy (non-hydrogen) atoms. The Morgan fingerprint density at radius 1 is 1.24 bits per heavy atom. The predicted molar refractivity (Wildman–Crippen MR) is 78.3 cm³/mol. The molecule has 1 saturated carbocycles. The van der Waals surface area contributed by atoms with Crippen molar-refractivity contribution < 1.29 is 4.79 Å². The van der Waals surface area contributed by atoms with Crippen LogP contribution in [0.5, 0.6) is 0 Å². The molecule has 1 aromatic heterocycles. The van der Waals surface area contributed by atoms with Crippen molar-refractivity contribution in [3.63, 3.8) is 0 Å². The Balaban J connectivity index is 1.46. The van der Waals surface area contributed by atoms with Crippen molar-refractivity contribution in [1.82, 2.24) is 25.3 Å². The molecule has 0 radical (unpaired) electrons. The van der Waals surface area contributed by atoms with Gasteiger partial charge in [0, 0.05) is 6.54 Å². The van der Waals surface area contributed by atoms with E-state index in [1.807, 2.05) is 0 Å². The number of carbonyl (C=O) groups excluding carboxylic acids is 1. The molecule has 2 aliphatic rings. The van der Waals surface area contributed by atoms with Gasteiger partial charge >= 0.3 is 0 Å². The number of amides is 1. The molecule has 0 bridgehead atoms. The summed E-state index contributed by atoms with van der Waals surface area (Å²) in [7, 11) is 0. The van der Waals surface area contributed by atoms with Gasteiger partial charge in [-0.1, -0.05) is 18.1 Å². The molecule has 1 spiro atoms. The monoisotopic (exact) mass is 292 g/mol. The lowest BCUT2D eigenvalue weighted by Gasteiger charge is -2.39. The van der Waals surface area contributed by atoms with Crippen LogP contribution in [0.4, 0.5) is 0 Å². The molecule has 2 heterocycles. The highest BCUT2D eigenvalue weighted by molar-refractivity contribution is 5.91. The number of nitrogens with zero attached hydrogens (tertiary/aromatic N) is 4. The first-order chi connectivity index (χ1) is 10.2. The lowest BCUT2D eigenvalue weighted by Crippen LogP contribution is -2.40. The van der Waals surface area contributed by atoms with E-state index in [9.17, 15) is 4.79 Å². The SMILES string of the molecule is NNC(=O)c1cn(CCN2CCC3(CCCC3)CC2)nn1. The lowest BCUT2D eigenvalue weighted by molar-refractivity contribution is 0.0948. The van der Waals surface area contributed by atoms with Crippen molar-refractivity contribution in [2.45, 2.75) is 45.1 Å². The smallest absolute Gasteiger partial charge is 0.287 e. The molecule has 1 amide bonds. The second-order valence-electron chi connectivity index (χ2n) is 6.39.